The first-order valence-electron chi connectivity index (χ1n) is 2.78. The molecule has 0 fully saturated rings. The van der Waals surface area contributed by atoms with E-state index in [1.807, 2.05) is 14.0 Å². The minimum absolute atomic E-state index is 0.0231. The van der Waals surface area contributed by atoms with Crippen molar-refractivity contribution in [3.05, 3.63) is 18.8 Å². The lowest BCUT2D eigenvalue weighted by atomic mass is 10.4. The number of rotatable bonds is 0. The van der Waals surface area contributed by atoms with E-state index in [-0.39, 0.29) is 5.91 Å². The van der Waals surface area contributed by atoms with Crippen molar-refractivity contribution in [2.45, 2.75) is 6.92 Å². The van der Waals surface area contributed by atoms with Crippen LogP contribution >= 0.6 is 0 Å². The van der Waals surface area contributed by atoms with E-state index in [4.69, 9.17) is 0 Å². The van der Waals surface area contributed by atoms with Gasteiger partial charge in [0.2, 0.25) is 0 Å². The van der Waals surface area contributed by atoms with E-state index in [2.05, 4.69) is 7.05 Å². The van der Waals surface area contributed by atoms with Crippen LogP contribution in [0.15, 0.2) is 11.8 Å². The summed E-state index contributed by atoms with van der Waals surface area (Å²) in [6.45, 7) is 1.88. The van der Waals surface area contributed by atoms with Crippen LogP contribution in [0.25, 0.3) is 0 Å². The van der Waals surface area contributed by atoms with E-state index in [9.17, 15) is 4.79 Å². The van der Waals surface area contributed by atoms with E-state index >= 15 is 0 Å². The molecule has 3 nitrogen and oxygen atoms in total. The molecule has 1 aliphatic rings. The van der Waals surface area contributed by atoms with E-state index in [0.717, 1.165) is 5.70 Å². The fourth-order valence-corrected chi connectivity index (χ4v) is 0.748. The number of amides is 1. The predicted octanol–water partition coefficient (Wildman–Crippen LogP) is -1.05. The molecule has 1 rings (SSSR count). The second-order valence-electron chi connectivity index (χ2n) is 2.16. The lowest BCUT2D eigenvalue weighted by Crippen LogP contribution is -3.13. The van der Waals surface area contributed by atoms with Gasteiger partial charge in [0.1, 0.15) is 0 Å². The van der Waals surface area contributed by atoms with Gasteiger partial charge in [0.25, 0.3) is 0 Å². The normalized spacial score (nSPS) is 27.0. The van der Waals surface area contributed by atoms with Gasteiger partial charge in [-0.25, -0.2) is 4.79 Å². The van der Waals surface area contributed by atoms with Crippen molar-refractivity contribution < 1.29 is 9.80 Å². The van der Waals surface area contributed by atoms with Gasteiger partial charge >= 0.3 is 5.91 Å². The van der Waals surface area contributed by atoms with E-state index in [1.165, 1.54) is 0 Å². The fraction of sp³-hybridized carbons (Fsp3) is 0.333. The lowest BCUT2D eigenvalue weighted by molar-refractivity contribution is -0.885. The molecule has 1 aliphatic heterocycles. The number of carbonyl (C=O) groups is 1. The summed E-state index contributed by atoms with van der Waals surface area (Å²) >= 11 is 0. The van der Waals surface area contributed by atoms with Crippen molar-refractivity contribution in [3.63, 3.8) is 0 Å². The Morgan fingerprint density at radius 1 is 1.78 bits per heavy atom. The molecule has 50 valence electrons. The van der Waals surface area contributed by atoms with Crippen molar-refractivity contribution in [2.24, 2.45) is 0 Å². The molecule has 0 spiro atoms. The van der Waals surface area contributed by atoms with Crippen LogP contribution in [0.1, 0.15) is 6.92 Å². The number of nitrogens with zero attached hydrogens (tertiary/aromatic N) is 1. The van der Waals surface area contributed by atoms with Gasteiger partial charge < -0.3 is 0 Å². The molecule has 0 radical (unpaired) electrons. The molecule has 1 heterocycles. The summed E-state index contributed by atoms with van der Waals surface area (Å²) in [5, 5.41) is 2.34. The molecule has 0 aromatic heterocycles. The number of quaternary nitrogens is 1. The van der Waals surface area contributed by atoms with Gasteiger partial charge in [-0.2, -0.15) is 0 Å². The largest absolute Gasteiger partial charge is 0.336 e. The number of hydrogen-bond acceptors (Lipinski definition) is 2. The lowest BCUT2D eigenvalue weighted by Gasteiger charge is -2.22. The Bertz CT molecular complexity index is 174. The third-order valence-corrected chi connectivity index (χ3v) is 1.56. The van der Waals surface area contributed by atoms with Crippen LogP contribution in [-0.4, -0.2) is 18.0 Å². The van der Waals surface area contributed by atoms with Crippen molar-refractivity contribution >= 4 is 5.91 Å². The average Bonchev–Trinajstić information content (AvgIpc) is 1.98. The van der Waals surface area contributed by atoms with Gasteiger partial charge in [-0.05, 0) is 6.92 Å². The van der Waals surface area contributed by atoms with E-state index in [0.29, 0.717) is 5.01 Å². The highest BCUT2D eigenvalue weighted by atomic mass is 16.2. The van der Waals surface area contributed by atoms with Crippen LogP contribution < -0.4 is 5.01 Å². The predicted molar refractivity (Wildman–Crippen MR) is 32.8 cm³/mol. The van der Waals surface area contributed by atoms with Gasteiger partial charge in [-0.1, -0.05) is 0 Å². The van der Waals surface area contributed by atoms with Gasteiger partial charge in [0.05, 0.1) is 18.8 Å². The highest BCUT2D eigenvalue weighted by Crippen LogP contribution is 1.96. The number of allylic oxidation sites excluding steroid dienone is 1. The van der Waals surface area contributed by atoms with Crippen LogP contribution in [0.5, 0.6) is 0 Å². The second kappa shape index (κ2) is 1.84. The Morgan fingerprint density at radius 2 is 2.33 bits per heavy atom. The molecule has 1 atom stereocenters. The highest BCUT2D eigenvalue weighted by Gasteiger charge is 2.20. The smallest absolute Gasteiger partial charge is 0.296 e. The number of carbonyl (C=O) groups excluding carboxylic acids is 1. The molecule has 0 aromatic carbocycles. The Balaban J connectivity index is 2.82. The molecule has 1 unspecified atom stereocenters. The number of nitrogens with one attached hydrogen (secondary N) is 1. The summed E-state index contributed by atoms with van der Waals surface area (Å²) in [6, 6.07) is 0. The van der Waals surface area contributed by atoms with Crippen LogP contribution in [0.4, 0.5) is 0 Å². The maximum Gasteiger partial charge on any atom is 0.336 e. The zero-order chi connectivity index (χ0) is 7.02. The summed E-state index contributed by atoms with van der Waals surface area (Å²) in [5.41, 5.74) is 0.963. The summed E-state index contributed by atoms with van der Waals surface area (Å²) in [7, 11) is 5.42. The topological polar surface area (TPSA) is 24.8 Å². The minimum Gasteiger partial charge on any atom is -0.296 e. The number of hydrogen-bond donors (Lipinski definition) is 1. The van der Waals surface area contributed by atoms with Crippen molar-refractivity contribution in [1.29, 1.82) is 0 Å². The summed E-state index contributed by atoms with van der Waals surface area (Å²) in [4.78, 5) is 10.8. The monoisotopic (exact) mass is 126 g/mol. The van der Waals surface area contributed by atoms with Crippen molar-refractivity contribution in [1.82, 2.24) is 5.01 Å². The third-order valence-electron chi connectivity index (χ3n) is 1.56. The molecule has 3 heteroatoms. The molecule has 0 aliphatic carbocycles. The maximum absolute atomic E-state index is 10.8. The molecular weight excluding hydrogens is 116 g/mol. The van der Waals surface area contributed by atoms with Gasteiger partial charge in [-0.15, -0.1) is 7.05 Å². The van der Waals surface area contributed by atoms with Gasteiger partial charge in [0.15, 0.2) is 0 Å². The fourth-order valence-electron chi connectivity index (χ4n) is 0.748. The Kier molecular flexibility index (Phi) is 1.29. The van der Waals surface area contributed by atoms with Gasteiger partial charge in [0, 0.05) is 0 Å². The molecule has 0 saturated heterocycles. The minimum atomic E-state index is 0.0231. The Morgan fingerprint density at radius 3 is 2.44 bits per heavy atom. The van der Waals surface area contributed by atoms with Crippen LogP contribution in [0, 0.1) is 7.05 Å². The zero-order valence-electron chi connectivity index (χ0n) is 5.64. The molecule has 0 bridgehead atoms. The molecule has 1 amide bonds. The Labute approximate surface area is 54.5 Å². The first-order chi connectivity index (χ1) is 4.13. The van der Waals surface area contributed by atoms with Gasteiger partial charge in [-0.3, -0.25) is 10.0 Å². The zero-order valence-corrected chi connectivity index (χ0v) is 5.64. The van der Waals surface area contributed by atoms with E-state index in [1.54, 1.807) is 11.1 Å². The van der Waals surface area contributed by atoms with Crippen LogP contribution in [0.3, 0.4) is 0 Å². The molecule has 0 aromatic rings. The quantitative estimate of drug-likeness (QED) is 0.419. The highest BCUT2D eigenvalue weighted by molar-refractivity contribution is 5.81. The molecular formula is C6H10N2O. The SMILES string of the molecule is [CH2-][NH+]1C(=O)C=C(C)N1C. The average molecular weight is 126 g/mol. The standard InChI is InChI=1S/C6H10N2O/c1-5-4-6(9)8(3)7(5)2/h4,8H,3H2,1-2H3. The van der Waals surface area contributed by atoms with Crippen molar-refractivity contribution in [3.8, 4) is 0 Å². The third kappa shape index (κ3) is 0.833. The summed E-state index contributed by atoms with van der Waals surface area (Å²) in [6.07, 6.45) is 1.59. The second-order valence-corrected chi connectivity index (χ2v) is 2.16. The summed E-state index contributed by atoms with van der Waals surface area (Å²) < 4.78 is 0. The first kappa shape index (κ1) is 6.29. The maximum atomic E-state index is 10.8. The van der Waals surface area contributed by atoms with Crippen LogP contribution in [0.2, 0.25) is 0 Å². The summed E-state index contributed by atoms with van der Waals surface area (Å²) in [5.74, 6) is 0.0231. The molecule has 9 heavy (non-hydrogen) atoms. The molecule has 1 N–H and O–H groups in total. The van der Waals surface area contributed by atoms with Crippen molar-refractivity contribution in [2.75, 3.05) is 7.05 Å². The van der Waals surface area contributed by atoms with E-state index < -0.39 is 0 Å². The Hall–Kier alpha value is -0.830. The molecule has 0 saturated carbocycles. The first-order valence-corrected chi connectivity index (χ1v) is 2.78. The van der Waals surface area contributed by atoms with Crippen LogP contribution in [-0.2, 0) is 4.79 Å².